The van der Waals surface area contributed by atoms with E-state index in [1.807, 2.05) is 0 Å². The van der Waals surface area contributed by atoms with Crippen LogP contribution in [0.4, 0.5) is 0 Å². The minimum absolute atomic E-state index is 0.296. The van der Waals surface area contributed by atoms with E-state index < -0.39 is 54.4 Å². The highest BCUT2D eigenvalue weighted by atomic mass is 16.7. The molecule has 5 atom stereocenters. The molecular formula is C16H20O9. The average molecular weight is 356 g/mol. The maximum atomic E-state index is 11.5. The summed E-state index contributed by atoms with van der Waals surface area (Å²) in [7, 11) is 0. The zero-order chi connectivity index (χ0) is 19.1. The predicted octanol–water partition coefficient (Wildman–Crippen LogP) is -0.255. The van der Waals surface area contributed by atoms with Crippen molar-refractivity contribution in [3.05, 3.63) is 0 Å². The van der Waals surface area contributed by atoms with Crippen LogP contribution in [-0.4, -0.2) is 61.0 Å². The molecule has 25 heavy (non-hydrogen) atoms. The summed E-state index contributed by atoms with van der Waals surface area (Å²) in [6, 6.07) is 0. The monoisotopic (exact) mass is 356 g/mol. The van der Waals surface area contributed by atoms with Gasteiger partial charge in [0.1, 0.15) is 12.7 Å². The molecule has 1 aliphatic rings. The van der Waals surface area contributed by atoms with E-state index in [1.54, 1.807) is 0 Å². The molecule has 0 aromatic heterocycles. The van der Waals surface area contributed by atoms with Gasteiger partial charge >= 0.3 is 23.9 Å². The molecule has 0 bridgehead atoms. The van der Waals surface area contributed by atoms with Crippen molar-refractivity contribution in [2.24, 2.45) is 0 Å². The van der Waals surface area contributed by atoms with Gasteiger partial charge in [0.15, 0.2) is 24.4 Å². The fourth-order valence-electron chi connectivity index (χ4n) is 2.36. The van der Waals surface area contributed by atoms with E-state index in [2.05, 4.69) is 5.92 Å². The lowest BCUT2D eigenvalue weighted by atomic mass is 9.94. The summed E-state index contributed by atoms with van der Waals surface area (Å²) in [6.45, 7) is 4.31. The first-order valence-corrected chi connectivity index (χ1v) is 7.42. The van der Waals surface area contributed by atoms with Crippen LogP contribution in [0.5, 0.6) is 0 Å². The number of ether oxygens (including phenoxy) is 5. The number of terminal acetylenes is 1. The van der Waals surface area contributed by atoms with E-state index in [4.69, 9.17) is 30.1 Å². The third-order valence-corrected chi connectivity index (χ3v) is 3.16. The van der Waals surface area contributed by atoms with Crippen molar-refractivity contribution in [3.63, 3.8) is 0 Å². The lowest BCUT2D eigenvalue weighted by molar-refractivity contribution is -0.242. The summed E-state index contributed by atoms with van der Waals surface area (Å²) in [5.74, 6) is -0.396. The second kappa shape index (κ2) is 9.03. The van der Waals surface area contributed by atoms with Crippen LogP contribution in [0.15, 0.2) is 0 Å². The molecule has 0 amide bonds. The van der Waals surface area contributed by atoms with Gasteiger partial charge in [-0.3, -0.25) is 19.2 Å². The smallest absolute Gasteiger partial charge is 0.303 e. The lowest BCUT2D eigenvalue weighted by Crippen LogP contribution is -2.62. The maximum Gasteiger partial charge on any atom is 0.303 e. The van der Waals surface area contributed by atoms with Crippen LogP contribution < -0.4 is 0 Å². The number of rotatable bonds is 5. The van der Waals surface area contributed by atoms with Crippen molar-refractivity contribution in [1.82, 2.24) is 0 Å². The van der Waals surface area contributed by atoms with Crippen molar-refractivity contribution in [2.75, 3.05) is 6.61 Å². The molecule has 0 N–H and O–H groups in total. The topological polar surface area (TPSA) is 114 Å². The van der Waals surface area contributed by atoms with Crippen molar-refractivity contribution in [2.45, 2.75) is 58.2 Å². The van der Waals surface area contributed by atoms with E-state index in [-0.39, 0.29) is 6.61 Å². The summed E-state index contributed by atoms with van der Waals surface area (Å²) in [4.78, 5) is 45.3. The van der Waals surface area contributed by atoms with Crippen LogP contribution >= 0.6 is 0 Å². The van der Waals surface area contributed by atoms with Gasteiger partial charge in [0.25, 0.3) is 0 Å². The third kappa shape index (κ3) is 6.08. The molecule has 0 aliphatic carbocycles. The second-order valence-electron chi connectivity index (χ2n) is 5.29. The normalized spacial score (nSPS) is 28.2. The average Bonchev–Trinajstić information content (AvgIpc) is 2.48. The molecule has 9 nitrogen and oxygen atoms in total. The molecule has 9 heteroatoms. The SMILES string of the molecule is C#C[C@H]1O[C@H](COC(C)=O)[C@@H](OC(C)=O)[C@H](OC(C)=O)[C@@H]1OC(C)=O. The van der Waals surface area contributed by atoms with E-state index in [9.17, 15) is 19.2 Å². The van der Waals surface area contributed by atoms with Crippen LogP contribution in [-0.2, 0) is 42.9 Å². The minimum Gasteiger partial charge on any atom is -0.463 e. The largest absolute Gasteiger partial charge is 0.463 e. The molecule has 1 heterocycles. The van der Waals surface area contributed by atoms with Gasteiger partial charge in [-0.2, -0.15) is 0 Å². The molecule has 1 aliphatic heterocycles. The second-order valence-corrected chi connectivity index (χ2v) is 5.29. The Bertz CT molecular complexity index is 577. The van der Waals surface area contributed by atoms with Gasteiger partial charge in [-0.15, -0.1) is 6.42 Å². The molecule has 1 rings (SSSR count). The van der Waals surface area contributed by atoms with Gasteiger partial charge in [0.2, 0.25) is 0 Å². The van der Waals surface area contributed by atoms with Crippen molar-refractivity contribution in [3.8, 4) is 12.3 Å². The number of hydrogen-bond acceptors (Lipinski definition) is 9. The number of esters is 4. The Morgan fingerprint density at radius 3 is 1.76 bits per heavy atom. The van der Waals surface area contributed by atoms with Gasteiger partial charge in [-0.1, -0.05) is 5.92 Å². The fraction of sp³-hybridized carbons (Fsp3) is 0.625. The van der Waals surface area contributed by atoms with Gasteiger partial charge in [0.05, 0.1) is 0 Å². The Hall–Kier alpha value is -2.60. The summed E-state index contributed by atoms with van der Waals surface area (Å²) < 4.78 is 25.9. The first kappa shape index (κ1) is 20.4. The van der Waals surface area contributed by atoms with E-state index >= 15 is 0 Å². The van der Waals surface area contributed by atoms with Crippen LogP contribution in [0.2, 0.25) is 0 Å². The van der Waals surface area contributed by atoms with Gasteiger partial charge in [-0.05, 0) is 0 Å². The highest BCUT2D eigenvalue weighted by Gasteiger charge is 2.51. The molecule has 0 saturated carbocycles. The Morgan fingerprint density at radius 1 is 0.840 bits per heavy atom. The zero-order valence-electron chi connectivity index (χ0n) is 14.3. The quantitative estimate of drug-likeness (QED) is 0.373. The molecule has 0 radical (unpaired) electrons. The zero-order valence-corrected chi connectivity index (χ0v) is 14.3. The molecule has 0 aromatic rings. The highest BCUT2D eigenvalue weighted by Crippen LogP contribution is 2.28. The van der Waals surface area contributed by atoms with Crippen LogP contribution in [0.3, 0.4) is 0 Å². The Kier molecular flexibility index (Phi) is 7.39. The molecule has 0 aromatic carbocycles. The van der Waals surface area contributed by atoms with Crippen molar-refractivity contribution < 1.29 is 42.9 Å². The standard InChI is InChI=1S/C16H20O9/c1-6-12-14(22-9(3)18)16(24-11(5)20)15(23-10(4)19)13(25-12)7-21-8(2)17/h1,12-16H,7H2,2-5H3/t12-,13-,14-,15-,16-/m1/s1. The van der Waals surface area contributed by atoms with E-state index in [0.717, 1.165) is 20.8 Å². The molecular weight excluding hydrogens is 336 g/mol. The summed E-state index contributed by atoms with van der Waals surface area (Å²) in [6.07, 6.45) is -0.298. The Labute approximate surface area is 144 Å². The highest BCUT2D eigenvalue weighted by molar-refractivity contribution is 5.68. The number of carbonyl (C=O) groups is 4. The van der Waals surface area contributed by atoms with Crippen LogP contribution in [0.1, 0.15) is 27.7 Å². The Balaban J connectivity index is 3.21. The van der Waals surface area contributed by atoms with E-state index in [1.165, 1.54) is 6.92 Å². The number of hydrogen-bond donors (Lipinski definition) is 0. The lowest BCUT2D eigenvalue weighted by Gasteiger charge is -2.42. The first-order valence-electron chi connectivity index (χ1n) is 7.42. The summed E-state index contributed by atoms with van der Waals surface area (Å²) in [5.41, 5.74) is 0. The summed E-state index contributed by atoms with van der Waals surface area (Å²) in [5, 5.41) is 0. The number of carbonyl (C=O) groups excluding carboxylic acids is 4. The van der Waals surface area contributed by atoms with Crippen LogP contribution in [0, 0.1) is 12.3 Å². The molecule has 0 unspecified atom stereocenters. The van der Waals surface area contributed by atoms with Gasteiger partial charge in [0, 0.05) is 27.7 Å². The Morgan fingerprint density at radius 2 is 1.32 bits per heavy atom. The summed E-state index contributed by atoms with van der Waals surface area (Å²) >= 11 is 0. The van der Waals surface area contributed by atoms with E-state index in [0.29, 0.717) is 0 Å². The molecule has 0 spiro atoms. The van der Waals surface area contributed by atoms with Gasteiger partial charge < -0.3 is 23.7 Å². The molecule has 1 saturated heterocycles. The fourth-order valence-corrected chi connectivity index (χ4v) is 2.36. The van der Waals surface area contributed by atoms with Crippen LogP contribution in [0.25, 0.3) is 0 Å². The van der Waals surface area contributed by atoms with Crippen molar-refractivity contribution in [1.29, 1.82) is 0 Å². The first-order chi connectivity index (χ1) is 11.6. The molecule has 138 valence electrons. The van der Waals surface area contributed by atoms with Gasteiger partial charge in [-0.25, -0.2) is 0 Å². The van der Waals surface area contributed by atoms with Crippen molar-refractivity contribution >= 4 is 23.9 Å². The molecule has 1 fully saturated rings. The maximum absolute atomic E-state index is 11.5. The minimum atomic E-state index is -1.22. The third-order valence-electron chi connectivity index (χ3n) is 3.16. The predicted molar refractivity (Wildman–Crippen MR) is 80.8 cm³/mol.